The summed E-state index contributed by atoms with van der Waals surface area (Å²) in [4.78, 5) is 24.5. The molecule has 3 N–H and O–H groups in total. The molecule has 0 aliphatic carbocycles. The Morgan fingerprint density at radius 2 is 1.95 bits per heavy atom. The van der Waals surface area contributed by atoms with Crippen molar-refractivity contribution in [1.29, 1.82) is 0 Å². The van der Waals surface area contributed by atoms with Crippen LogP contribution in [0.4, 0.5) is 5.69 Å². The first-order valence-corrected chi connectivity index (χ1v) is 7.73. The molecule has 21 heavy (non-hydrogen) atoms. The molecule has 2 rings (SSSR count). The first-order valence-electron chi connectivity index (χ1n) is 6.12. The van der Waals surface area contributed by atoms with Gasteiger partial charge in [-0.05, 0) is 47.1 Å². The maximum Gasteiger partial charge on any atom is 0.262 e. The number of halogens is 1. The average molecular weight is 369 g/mol. The smallest absolute Gasteiger partial charge is 0.262 e. The number of para-hydroxylation sites is 2. The highest BCUT2D eigenvalue weighted by Gasteiger charge is 2.18. The molecule has 0 bridgehead atoms. The second kappa shape index (κ2) is 6.73. The molecule has 0 radical (unpaired) electrons. The van der Waals surface area contributed by atoms with Gasteiger partial charge in [-0.3, -0.25) is 9.59 Å². The SMILES string of the molecule is CC(NC(=O)c1ccc(Br)s1)C(=O)Nc1ccccc1O. The van der Waals surface area contributed by atoms with E-state index in [9.17, 15) is 14.7 Å². The fraction of sp³-hybridized carbons (Fsp3) is 0.143. The van der Waals surface area contributed by atoms with Gasteiger partial charge in [-0.15, -0.1) is 11.3 Å². The minimum absolute atomic E-state index is 0.0217. The van der Waals surface area contributed by atoms with Gasteiger partial charge in [0, 0.05) is 0 Å². The molecule has 0 saturated carbocycles. The number of hydrogen-bond donors (Lipinski definition) is 3. The van der Waals surface area contributed by atoms with Crippen molar-refractivity contribution in [2.75, 3.05) is 5.32 Å². The second-order valence-electron chi connectivity index (χ2n) is 4.31. The molecule has 7 heteroatoms. The Morgan fingerprint density at radius 1 is 1.24 bits per heavy atom. The van der Waals surface area contributed by atoms with Gasteiger partial charge in [0.1, 0.15) is 11.8 Å². The molecular formula is C14H13BrN2O3S. The third-order valence-electron chi connectivity index (χ3n) is 2.70. The Bertz CT molecular complexity index is 672. The van der Waals surface area contributed by atoms with Crippen LogP contribution >= 0.6 is 27.3 Å². The first-order chi connectivity index (χ1) is 9.97. The zero-order valence-electron chi connectivity index (χ0n) is 11.1. The van der Waals surface area contributed by atoms with Crippen LogP contribution in [-0.2, 0) is 4.79 Å². The van der Waals surface area contributed by atoms with Crippen LogP contribution in [0, 0.1) is 0 Å². The van der Waals surface area contributed by atoms with Gasteiger partial charge in [0.15, 0.2) is 0 Å². The number of hydrogen-bond acceptors (Lipinski definition) is 4. The number of carbonyl (C=O) groups excluding carboxylic acids is 2. The lowest BCUT2D eigenvalue weighted by molar-refractivity contribution is -0.117. The molecule has 5 nitrogen and oxygen atoms in total. The molecule has 0 aliphatic rings. The summed E-state index contributed by atoms with van der Waals surface area (Å²) >= 11 is 4.57. The minimum atomic E-state index is -0.724. The van der Waals surface area contributed by atoms with Crippen LogP contribution in [0.2, 0.25) is 0 Å². The predicted molar refractivity (Wildman–Crippen MR) is 85.7 cm³/mol. The zero-order valence-corrected chi connectivity index (χ0v) is 13.5. The fourth-order valence-corrected chi connectivity index (χ4v) is 2.88. The molecule has 2 amide bonds. The lowest BCUT2D eigenvalue weighted by Gasteiger charge is -2.14. The van der Waals surface area contributed by atoms with Gasteiger partial charge in [-0.25, -0.2) is 0 Å². The van der Waals surface area contributed by atoms with Gasteiger partial charge in [0.2, 0.25) is 5.91 Å². The minimum Gasteiger partial charge on any atom is -0.506 e. The van der Waals surface area contributed by atoms with Crippen LogP contribution in [0.1, 0.15) is 16.6 Å². The molecule has 1 unspecified atom stereocenters. The highest BCUT2D eigenvalue weighted by molar-refractivity contribution is 9.11. The molecule has 0 spiro atoms. The van der Waals surface area contributed by atoms with Crippen molar-refractivity contribution in [3.63, 3.8) is 0 Å². The summed E-state index contributed by atoms with van der Waals surface area (Å²) in [6.45, 7) is 1.58. The van der Waals surface area contributed by atoms with Crippen molar-refractivity contribution in [1.82, 2.24) is 5.32 Å². The summed E-state index contributed by atoms with van der Waals surface area (Å²) in [6, 6.07) is 9.13. The number of phenols is 1. The molecular weight excluding hydrogens is 356 g/mol. The van der Waals surface area contributed by atoms with E-state index in [2.05, 4.69) is 26.6 Å². The largest absolute Gasteiger partial charge is 0.506 e. The Morgan fingerprint density at radius 3 is 2.57 bits per heavy atom. The molecule has 1 atom stereocenters. The van der Waals surface area contributed by atoms with Crippen molar-refractivity contribution in [3.05, 3.63) is 45.1 Å². The lowest BCUT2D eigenvalue weighted by atomic mass is 10.2. The van der Waals surface area contributed by atoms with Crippen molar-refractivity contribution < 1.29 is 14.7 Å². The summed E-state index contributed by atoms with van der Waals surface area (Å²) in [5.41, 5.74) is 0.308. The third-order valence-corrected chi connectivity index (χ3v) is 4.32. The molecule has 0 aliphatic heterocycles. The van der Waals surface area contributed by atoms with Gasteiger partial charge >= 0.3 is 0 Å². The average Bonchev–Trinajstić information content (AvgIpc) is 2.88. The standard InChI is InChI=1S/C14H13BrN2O3S/c1-8(16-14(20)11-6-7-12(15)21-11)13(19)17-9-4-2-3-5-10(9)18/h2-8,18H,1H3,(H,16,20)(H,17,19). The number of rotatable bonds is 4. The number of amides is 2. The van der Waals surface area contributed by atoms with E-state index in [1.54, 1.807) is 37.3 Å². The van der Waals surface area contributed by atoms with E-state index in [1.807, 2.05) is 0 Å². The summed E-state index contributed by atoms with van der Waals surface area (Å²) in [6.07, 6.45) is 0. The van der Waals surface area contributed by atoms with E-state index in [-0.39, 0.29) is 11.7 Å². The molecule has 1 aromatic heterocycles. The van der Waals surface area contributed by atoms with Crippen LogP contribution in [0.3, 0.4) is 0 Å². The number of phenolic OH excluding ortho intramolecular Hbond substituents is 1. The highest BCUT2D eigenvalue weighted by Crippen LogP contribution is 2.23. The normalized spacial score (nSPS) is 11.7. The van der Waals surface area contributed by atoms with E-state index in [0.717, 1.165) is 3.79 Å². The number of benzene rings is 1. The zero-order chi connectivity index (χ0) is 15.4. The van der Waals surface area contributed by atoms with E-state index in [1.165, 1.54) is 17.4 Å². The number of nitrogens with one attached hydrogen (secondary N) is 2. The van der Waals surface area contributed by atoms with Crippen LogP contribution in [0.25, 0.3) is 0 Å². The fourth-order valence-electron chi connectivity index (χ4n) is 1.59. The Labute approximate surface area is 134 Å². The maximum absolute atomic E-state index is 12.0. The summed E-state index contributed by atoms with van der Waals surface area (Å²) in [5.74, 6) is -0.738. The molecule has 1 heterocycles. The number of carbonyl (C=O) groups is 2. The van der Waals surface area contributed by atoms with Crippen molar-refractivity contribution in [3.8, 4) is 5.75 Å². The van der Waals surface area contributed by atoms with Crippen molar-refractivity contribution >= 4 is 44.8 Å². The van der Waals surface area contributed by atoms with E-state index in [0.29, 0.717) is 10.6 Å². The Kier molecular flexibility index (Phi) is 4.98. The van der Waals surface area contributed by atoms with Crippen LogP contribution in [0.5, 0.6) is 5.75 Å². The highest BCUT2D eigenvalue weighted by atomic mass is 79.9. The van der Waals surface area contributed by atoms with Crippen molar-refractivity contribution in [2.45, 2.75) is 13.0 Å². The van der Waals surface area contributed by atoms with Crippen LogP contribution in [-0.4, -0.2) is 23.0 Å². The summed E-state index contributed by atoms with van der Waals surface area (Å²) in [7, 11) is 0. The van der Waals surface area contributed by atoms with E-state index < -0.39 is 11.9 Å². The third kappa shape index (κ3) is 4.05. The Balaban J connectivity index is 1.97. The van der Waals surface area contributed by atoms with Gasteiger partial charge in [-0.1, -0.05) is 12.1 Å². The summed E-state index contributed by atoms with van der Waals surface area (Å²) in [5, 5.41) is 14.8. The Hall–Kier alpha value is -1.86. The lowest BCUT2D eigenvalue weighted by Crippen LogP contribution is -2.41. The van der Waals surface area contributed by atoms with Crippen LogP contribution in [0.15, 0.2) is 40.2 Å². The van der Waals surface area contributed by atoms with E-state index >= 15 is 0 Å². The molecule has 110 valence electrons. The predicted octanol–water partition coefficient (Wildman–Crippen LogP) is 2.97. The monoisotopic (exact) mass is 368 g/mol. The maximum atomic E-state index is 12.0. The number of anilines is 1. The number of thiophene rings is 1. The molecule has 0 fully saturated rings. The first kappa shape index (κ1) is 15.5. The summed E-state index contributed by atoms with van der Waals surface area (Å²) < 4.78 is 0.846. The molecule has 2 aromatic rings. The van der Waals surface area contributed by atoms with Gasteiger partial charge in [0.05, 0.1) is 14.4 Å². The van der Waals surface area contributed by atoms with Crippen molar-refractivity contribution in [2.24, 2.45) is 0 Å². The topological polar surface area (TPSA) is 78.4 Å². The van der Waals surface area contributed by atoms with Gasteiger partial charge in [0.25, 0.3) is 5.91 Å². The van der Waals surface area contributed by atoms with Crippen LogP contribution < -0.4 is 10.6 Å². The van der Waals surface area contributed by atoms with Gasteiger partial charge in [-0.2, -0.15) is 0 Å². The van der Waals surface area contributed by atoms with Gasteiger partial charge < -0.3 is 15.7 Å². The quantitative estimate of drug-likeness (QED) is 0.725. The molecule has 1 aromatic carbocycles. The number of aromatic hydroxyl groups is 1. The molecule has 0 saturated heterocycles. The second-order valence-corrected chi connectivity index (χ2v) is 6.77. The van der Waals surface area contributed by atoms with E-state index in [4.69, 9.17) is 0 Å².